The van der Waals surface area contributed by atoms with Crippen LogP contribution in [-0.2, 0) is 18.4 Å². The van der Waals surface area contributed by atoms with Gasteiger partial charge in [0.2, 0.25) is 5.91 Å². The Morgan fingerprint density at radius 3 is 1.60 bits per heavy atom. The number of phosphoric ester groups is 1. The first kappa shape index (κ1) is 50.7. The van der Waals surface area contributed by atoms with Gasteiger partial charge in [0.25, 0.3) is 0 Å². The van der Waals surface area contributed by atoms with Crippen LogP contribution in [0.3, 0.4) is 0 Å². The average Bonchev–Trinajstić information content (AvgIpc) is 3.12. The predicted molar refractivity (Wildman–Crippen MR) is 218 cm³/mol. The molecule has 10 heteroatoms. The van der Waals surface area contributed by atoms with Crippen LogP contribution in [0.4, 0.5) is 0 Å². The lowest BCUT2D eigenvalue weighted by Gasteiger charge is -2.24. The zero-order valence-corrected chi connectivity index (χ0v) is 34.3. The van der Waals surface area contributed by atoms with Gasteiger partial charge in [-0.2, -0.15) is 0 Å². The number of hydrogen-bond donors (Lipinski definition) is 5. The van der Waals surface area contributed by atoms with E-state index < -0.39 is 38.6 Å². The van der Waals surface area contributed by atoms with E-state index in [1.54, 1.807) is 6.08 Å². The Kier molecular flexibility index (Phi) is 37.0. The van der Waals surface area contributed by atoms with Gasteiger partial charge in [-0.3, -0.25) is 13.8 Å². The van der Waals surface area contributed by atoms with Crippen LogP contribution >= 0.6 is 7.82 Å². The summed E-state index contributed by atoms with van der Waals surface area (Å²) in [5.41, 5.74) is 5.35. The van der Waals surface area contributed by atoms with Crippen molar-refractivity contribution in [1.29, 1.82) is 0 Å². The highest BCUT2D eigenvalue weighted by Crippen LogP contribution is 2.43. The molecule has 0 radical (unpaired) electrons. The average molecular weight is 757 g/mol. The second-order valence-corrected chi connectivity index (χ2v) is 15.8. The van der Waals surface area contributed by atoms with Crippen LogP contribution in [0, 0.1) is 0 Å². The standard InChI is InChI=1S/C42H81N2O7P/c1-3-5-7-9-11-13-15-16-17-18-19-20-21-22-24-26-28-30-32-34-41(46)40(38-51-52(48,49)50-36-35-43)44-42(47)37-39(45)33-31-29-27-25-23-14-12-10-8-6-4-2/h24-27,32,34,39-41,45-46H,3-23,28-31,33,35-38,43H2,1-2H3,(H,44,47)(H,48,49)/b26-24+,27-25-,34-32+. The van der Waals surface area contributed by atoms with Gasteiger partial charge in [0.1, 0.15) is 0 Å². The Labute approximate surface area is 319 Å². The molecule has 0 aromatic carbocycles. The van der Waals surface area contributed by atoms with Gasteiger partial charge in [-0.25, -0.2) is 4.57 Å². The van der Waals surface area contributed by atoms with Gasteiger partial charge in [0, 0.05) is 6.54 Å². The zero-order chi connectivity index (χ0) is 38.4. The highest BCUT2D eigenvalue weighted by molar-refractivity contribution is 7.47. The molecule has 9 nitrogen and oxygen atoms in total. The molecule has 0 bridgehead atoms. The van der Waals surface area contributed by atoms with E-state index >= 15 is 0 Å². The molecular formula is C42H81N2O7P. The van der Waals surface area contributed by atoms with Crippen molar-refractivity contribution in [2.75, 3.05) is 19.8 Å². The summed E-state index contributed by atoms with van der Waals surface area (Å²) in [4.78, 5) is 22.7. The smallest absolute Gasteiger partial charge is 0.393 e. The van der Waals surface area contributed by atoms with Crippen molar-refractivity contribution in [2.45, 2.75) is 205 Å². The lowest BCUT2D eigenvalue weighted by atomic mass is 10.0. The van der Waals surface area contributed by atoms with E-state index in [1.807, 2.05) is 6.08 Å². The molecule has 0 heterocycles. The van der Waals surface area contributed by atoms with Crippen molar-refractivity contribution in [3.63, 3.8) is 0 Å². The van der Waals surface area contributed by atoms with Crippen molar-refractivity contribution >= 4 is 13.7 Å². The molecule has 0 aromatic rings. The monoisotopic (exact) mass is 757 g/mol. The van der Waals surface area contributed by atoms with Crippen molar-refractivity contribution in [3.05, 3.63) is 36.5 Å². The molecule has 0 spiro atoms. The minimum Gasteiger partial charge on any atom is -0.393 e. The molecule has 306 valence electrons. The van der Waals surface area contributed by atoms with Gasteiger partial charge in [0.15, 0.2) is 0 Å². The van der Waals surface area contributed by atoms with E-state index in [0.29, 0.717) is 12.8 Å². The number of phosphoric acid groups is 1. The van der Waals surface area contributed by atoms with Crippen LogP contribution in [0.25, 0.3) is 0 Å². The summed E-state index contributed by atoms with van der Waals surface area (Å²) in [5.74, 6) is -0.473. The van der Waals surface area contributed by atoms with E-state index in [4.69, 9.17) is 14.8 Å². The maximum absolute atomic E-state index is 12.8. The Hall–Kier alpha value is -1.32. The van der Waals surface area contributed by atoms with Crippen LogP contribution in [0.5, 0.6) is 0 Å². The third-order valence-corrected chi connectivity index (χ3v) is 10.2. The Morgan fingerprint density at radius 1 is 0.654 bits per heavy atom. The minimum atomic E-state index is -4.41. The van der Waals surface area contributed by atoms with Gasteiger partial charge in [-0.1, -0.05) is 159 Å². The second-order valence-electron chi connectivity index (χ2n) is 14.4. The number of allylic oxidation sites excluding steroid dienone is 5. The van der Waals surface area contributed by atoms with Crippen molar-refractivity contribution in [2.24, 2.45) is 5.73 Å². The molecule has 0 saturated heterocycles. The molecule has 4 unspecified atom stereocenters. The van der Waals surface area contributed by atoms with Crippen LogP contribution < -0.4 is 11.1 Å². The number of unbranched alkanes of at least 4 members (excludes halogenated alkanes) is 21. The molecule has 0 aliphatic rings. The highest BCUT2D eigenvalue weighted by atomic mass is 31.2. The number of nitrogens with one attached hydrogen (secondary N) is 1. The Morgan fingerprint density at radius 2 is 1.10 bits per heavy atom. The quantitative estimate of drug-likeness (QED) is 0.0236. The summed E-state index contributed by atoms with van der Waals surface area (Å²) in [5, 5.41) is 23.9. The van der Waals surface area contributed by atoms with Gasteiger partial charge in [-0.15, -0.1) is 0 Å². The normalized spacial score (nSPS) is 15.1. The number of aliphatic hydroxyl groups excluding tert-OH is 2. The van der Waals surface area contributed by atoms with Gasteiger partial charge in [0.05, 0.1) is 37.9 Å². The van der Waals surface area contributed by atoms with Crippen molar-refractivity contribution in [3.8, 4) is 0 Å². The number of rotatable bonds is 39. The minimum absolute atomic E-state index is 0.0418. The molecule has 0 rings (SSSR count). The van der Waals surface area contributed by atoms with Gasteiger partial charge < -0.3 is 26.2 Å². The maximum Gasteiger partial charge on any atom is 0.472 e. The molecule has 1 amide bonds. The lowest BCUT2D eigenvalue weighted by molar-refractivity contribution is -0.124. The molecule has 6 N–H and O–H groups in total. The van der Waals surface area contributed by atoms with Crippen LogP contribution in [0.2, 0.25) is 0 Å². The van der Waals surface area contributed by atoms with Crippen molar-refractivity contribution in [1.82, 2.24) is 5.32 Å². The van der Waals surface area contributed by atoms with E-state index in [-0.39, 0.29) is 19.6 Å². The fourth-order valence-electron chi connectivity index (χ4n) is 6.01. The fraction of sp³-hybridized carbons (Fsp3) is 0.833. The highest BCUT2D eigenvalue weighted by Gasteiger charge is 2.27. The van der Waals surface area contributed by atoms with Crippen LogP contribution in [0.1, 0.15) is 187 Å². The summed E-state index contributed by atoms with van der Waals surface area (Å²) < 4.78 is 22.0. The molecule has 0 aliphatic carbocycles. The predicted octanol–water partition coefficient (Wildman–Crippen LogP) is 10.5. The lowest BCUT2D eigenvalue weighted by Crippen LogP contribution is -2.46. The Bertz CT molecular complexity index is 930. The number of amides is 1. The SMILES string of the molecule is CCCCCCCC/C=C\CCCC(O)CC(=O)NC(COP(=O)(O)OCCN)C(O)/C=C/CC/C=C/CCCCCCCCCCCCCCC. The van der Waals surface area contributed by atoms with E-state index in [2.05, 4.69) is 43.5 Å². The van der Waals surface area contributed by atoms with E-state index in [9.17, 15) is 24.5 Å². The number of aliphatic hydroxyl groups is 2. The molecule has 0 fully saturated rings. The van der Waals surface area contributed by atoms with Crippen molar-refractivity contribution < 1.29 is 33.5 Å². The molecule has 4 atom stereocenters. The van der Waals surface area contributed by atoms with Crippen LogP contribution in [-0.4, -0.2) is 59.0 Å². The first-order valence-electron chi connectivity index (χ1n) is 21.2. The number of carbonyl (C=O) groups is 1. The summed E-state index contributed by atoms with van der Waals surface area (Å²) >= 11 is 0. The van der Waals surface area contributed by atoms with Gasteiger partial charge >= 0.3 is 7.82 Å². The third kappa shape index (κ3) is 35.7. The fourth-order valence-corrected chi connectivity index (χ4v) is 6.77. The molecular weight excluding hydrogens is 675 g/mol. The number of hydrogen-bond acceptors (Lipinski definition) is 7. The first-order valence-corrected chi connectivity index (χ1v) is 22.7. The van der Waals surface area contributed by atoms with Gasteiger partial charge in [-0.05, 0) is 57.8 Å². The summed E-state index contributed by atoms with van der Waals surface area (Å²) in [6.45, 7) is 3.92. The maximum atomic E-state index is 12.8. The van der Waals surface area contributed by atoms with E-state index in [1.165, 1.54) is 122 Å². The number of carbonyl (C=O) groups excluding carboxylic acids is 1. The molecule has 0 aromatic heterocycles. The topological polar surface area (TPSA) is 151 Å². The molecule has 0 aliphatic heterocycles. The second kappa shape index (κ2) is 38.0. The molecule has 52 heavy (non-hydrogen) atoms. The summed E-state index contributed by atoms with van der Waals surface area (Å²) in [6.07, 6.45) is 41.0. The number of nitrogens with two attached hydrogens (primary N) is 1. The summed E-state index contributed by atoms with van der Waals surface area (Å²) in [7, 11) is -4.41. The summed E-state index contributed by atoms with van der Waals surface area (Å²) in [6, 6.07) is -1.01. The molecule has 0 saturated carbocycles. The largest absolute Gasteiger partial charge is 0.472 e. The van der Waals surface area contributed by atoms with E-state index in [0.717, 1.165) is 32.1 Å². The third-order valence-electron chi connectivity index (χ3n) is 9.24. The Balaban J connectivity index is 4.41. The zero-order valence-electron chi connectivity index (χ0n) is 33.4. The first-order chi connectivity index (χ1) is 25.3. The van der Waals surface area contributed by atoms with Crippen LogP contribution in [0.15, 0.2) is 36.5 Å².